The lowest BCUT2D eigenvalue weighted by atomic mass is 9.87. The van der Waals surface area contributed by atoms with Gasteiger partial charge in [-0.25, -0.2) is 8.42 Å². The van der Waals surface area contributed by atoms with Gasteiger partial charge in [0.2, 0.25) is 0 Å². The Morgan fingerprint density at radius 3 is 2.78 bits per heavy atom. The van der Waals surface area contributed by atoms with Crippen LogP contribution in [0.15, 0.2) is 50.8 Å². The summed E-state index contributed by atoms with van der Waals surface area (Å²) in [6, 6.07) is 7.62. The van der Waals surface area contributed by atoms with E-state index >= 15 is 0 Å². The van der Waals surface area contributed by atoms with Gasteiger partial charge in [0.15, 0.2) is 5.90 Å². The lowest BCUT2D eigenvalue weighted by Gasteiger charge is -2.28. The summed E-state index contributed by atoms with van der Waals surface area (Å²) in [7, 11) is -2.04. The van der Waals surface area contributed by atoms with E-state index in [1.165, 1.54) is 4.31 Å². The van der Waals surface area contributed by atoms with Gasteiger partial charge in [-0.1, -0.05) is 49.6 Å². The Morgan fingerprint density at radius 2 is 2.00 bits per heavy atom. The highest BCUT2D eigenvalue weighted by molar-refractivity contribution is 7.96. The molecule has 1 aromatic rings. The molecule has 32 heavy (non-hydrogen) atoms. The van der Waals surface area contributed by atoms with Crippen LogP contribution in [-0.4, -0.2) is 41.1 Å². The molecule has 0 amide bonds. The largest absolute Gasteiger partial charge is 0.479 e. The number of fused-ring (bicyclic) bond motifs is 1. The number of halogens is 1. The number of allylic oxidation sites excluding steroid dienone is 2. The summed E-state index contributed by atoms with van der Waals surface area (Å²) in [5.74, 6) is 1.01. The Kier molecular flexibility index (Phi) is 7.27. The van der Waals surface area contributed by atoms with Crippen molar-refractivity contribution in [3.05, 3.63) is 51.4 Å². The Hall–Kier alpha value is -1.83. The van der Waals surface area contributed by atoms with Crippen molar-refractivity contribution in [3.8, 4) is 0 Å². The van der Waals surface area contributed by atoms with Crippen molar-refractivity contribution in [1.29, 1.82) is 0 Å². The molecule has 4 rings (SSSR count). The van der Waals surface area contributed by atoms with E-state index in [2.05, 4.69) is 10.3 Å². The number of unbranched alkanes of at least 4 members (excludes halogenated alkanes) is 3. The fraction of sp³-hybridized carbons (Fsp3) is 0.542. The summed E-state index contributed by atoms with van der Waals surface area (Å²) >= 11 is 6.40. The van der Waals surface area contributed by atoms with Crippen LogP contribution in [0.5, 0.6) is 0 Å². The molecular formula is C24H32ClN3O3S. The minimum atomic E-state index is -3.66. The van der Waals surface area contributed by atoms with E-state index < -0.39 is 10.0 Å². The standard InChI is InChI=1S/C24H32ClN3O3S/c1-17-15-19-22(16-20(17)25)32(29,30)28(2)21-10-7-6-9-18(21)24(19)27-12-8-4-3-5-11-23-26-13-14-31-23/h6-7,9-10,16-17,24,27H,3-5,8,11-15H2,1-2H3. The fourth-order valence-corrected chi connectivity index (χ4v) is 6.42. The topological polar surface area (TPSA) is 71.0 Å². The van der Waals surface area contributed by atoms with E-state index in [0.29, 0.717) is 22.0 Å². The number of para-hydroxylation sites is 1. The average molecular weight is 478 g/mol. The number of benzene rings is 1. The Balaban J connectivity index is 1.48. The molecule has 8 heteroatoms. The van der Waals surface area contributed by atoms with Gasteiger partial charge in [0, 0.05) is 18.5 Å². The number of anilines is 1. The number of hydrogen-bond acceptors (Lipinski definition) is 5. The van der Waals surface area contributed by atoms with Crippen molar-refractivity contribution in [2.45, 2.75) is 51.5 Å². The van der Waals surface area contributed by atoms with Crippen molar-refractivity contribution in [2.24, 2.45) is 10.9 Å². The number of hydrogen-bond donors (Lipinski definition) is 1. The molecule has 2 heterocycles. The van der Waals surface area contributed by atoms with Crippen LogP contribution in [0.2, 0.25) is 0 Å². The van der Waals surface area contributed by atoms with Gasteiger partial charge >= 0.3 is 0 Å². The maximum absolute atomic E-state index is 13.4. The zero-order valence-corrected chi connectivity index (χ0v) is 20.4. The second-order valence-electron chi connectivity index (χ2n) is 8.73. The summed E-state index contributed by atoms with van der Waals surface area (Å²) < 4.78 is 33.7. The van der Waals surface area contributed by atoms with E-state index in [-0.39, 0.29) is 12.0 Å². The zero-order valence-electron chi connectivity index (χ0n) is 18.8. The summed E-state index contributed by atoms with van der Waals surface area (Å²) in [6.07, 6.45) is 7.58. The van der Waals surface area contributed by atoms with E-state index in [0.717, 1.165) is 68.8 Å². The molecule has 174 valence electrons. The van der Waals surface area contributed by atoms with E-state index in [1.807, 2.05) is 31.2 Å². The fourth-order valence-electron chi connectivity index (χ4n) is 4.64. The minimum Gasteiger partial charge on any atom is -0.479 e. The van der Waals surface area contributed by atoms with Crippen molar-refractivity contribution in [2.75, 3.05) is 31.0 Å². The molecule has 0 saturated carbocycles. The van der Waals surface area contributed by atoms with Crippen molar-refractivity contribution < 1.29 is 13.2 Å². The molecule has 0 aromatic heterocycles. The first-order chi connectivity index (χ1) is 15.4. The van der Waals surface area contributed by atoms with Crippen LogP contribution in [0.4, 0.5) is 5.69 Å². The number of sulfonamides is 1. The second-order valence-corrected chi connectivity index (χ2v) is 11.1. The van der Waals surface area contributed by atoms with Crippen LogP contribution in [0, 0.1) is 5.92 Å². The molecule has 2 unspecified atom stereocenters. The molecule has 0 fully saturated rings. The molecule has 1 aromatic carbocycles. The molecule has 6 nitrogen and oxygen atoms in total. The van der Waals surface area contributed by atoms with E-state index in [4.69, 9.17) is 16.3 Å². The summed E-state index contributed by atoms with van der Waals surface area (Å²) in [4.78, 5) is 4.68. The van der Waals surface area contributed by atoms with Crippen LogP contribution < -0.4 is 9.62 Å². The van der Waals surface area contributed by atoms with Crippen LogP contribution >= 0.6 is 11.6 Å². The van der Waals surface area contributed by atoms with Gasteiger partial charge in [0.1, 0.15) is 6.61 Å². The maximum atomic E-state index is 13.4. The van der Waals surface area contributed by atoms with Crippen LogP contribution in [0.3, 0.4) is 0 Å². The van der Waals surface area contributed by atoms with Gasteiger partial charge in [-0.2, -0.15) is 0 Å². The van der Waals surface area contributed by atoms with Crippen molar-refractivity contribution in [3.63, 3.8) is 0 Å². The highest BCUT2D eigenvalue weighted by atomic mass is 35.5. The molecule has 0 bridgehead atoms. The lowest BCUT2D eigenvalue weighted by molar-refractivity contribution is 0.336. The molecule has 2 aliphatic heterocycles. The number of rotatable bonds is 8. The SMILES string of the molecule is CC1CC2=C(C=C1Cl)S(=O)(=O)N(C)c1ccccc1C2NCCCCCCC1=NCCO1. The molecule has 0 spiro atoms. The second kappa shape index (κ2) is 9.98. The zero-order chi connectivity index (χ0) is 22.7. The first-order valence-electron chi connectivity index (χ1n) is 11.5. The molecule has 0 radical (unpaired) electrons. The van der Waals surface area contributed by atoms with Gasteiger partial charge in [-0.05, 0) is 55.0 Å². The molecule has 0 saturated heterocycles. The van der Waals surface area contributed by atoms with Gasteiger partial charge in [0.05, 0.1) is 23.2 Å². The smallest absolute Gasteiger partial charge is 0.264 e. The van der Waals surface area contributed by atoms with Crippen LogP contribution in [-0.2, 0) is 14.8 Å². The summed E-state index contributed by atoms with van der Waals surface area (Å²) in [6.45, 7) is 4.39. The highest BCUT2D eigenvalue weighted by Gasteiger charge is 2.38. The highest BCUT2D eigenvalue weighted by Crippen LogP contribution is 2.45. The third-order valence-corrected chi connectivity index (χ3v) is 8.81. The number of nitrogens with one attached hydrogen (secondary N) is 1. The minimum absolute atomic E-state index is 0.103. The van der Waals surface area contributed by atoms with Gasteiger partial charge in [-0.3, -0.25) is 9.30 Å². The van der Waals surface area contributed by atoms with Gasteiger partial charge < -0.3 is 10.1 Å². The van der Waals surface area contributed by atoms with Crippen LogP contribution in [0.25, 0.3) is 0 Å². The first-order valence-corrected chi connectivity index (χ1v) is 13.3. The van der Waals surface area contributed by atoms with Crippen LogP contribution in [0.1, 0.15) is 57.1 Å². The molecular weight excluding hydrogens is 446 g/mol. The summed E-state index contributed by atoms with van der Waals surface area (Å²) in [5, 5.41) is 4.27. The van der Waals surface area contributed by atoms with E-state index in [1.54, 1.807) is 13.1 Å². The lowest BCUT2D eigenvalue weighted by Crippen LogP contribution is -2.28. The maximum Gasteiger partial charge on any atom is 0.264 e. The van der Waals surface area contributed by atoms with E-state index in [9.17, 15) is 8.42 Å². The van der Waals surface area contributed by atoms with Gasteiger partial charge in [-0.15, -0.1) is 0 Å². The Labute approximate surface area is 196 Å². The third kappa shape index (κ3) is 4.75. The first kappa shape index (κ1) is 23.3. The van der Waals surface area contributed by atoms with Crippen molar-refractivity contribution in [1.82, 2.24) is 5.32 Å². The molecule has 2 atom stereocenters. The third-order valence-electron chi connectivity index (χ3n) is 6.47. The monoisotopic (exact) mass is 477 g/mol. The molecule has 1 aliphatic carbocycles. The van der Waals surface area contributed by atoms with Crippen molar-refractivity contribution >= 4 is 33.2 Å². The predicted molar refractivity (Wildman–Crippen MR) is 131 cm³/mol. The summed E-state index contributed by atoms with van der Waals surface area (Å²) in [5.41, 5.74) is 2.63. The number of ether oxygens (including phenoxy) is 1. The quantitative estimate of drug-likeness (QED) is 0.541. The predicted octanol–water partition coefficient (Wildman–Crippen LogP) is 4.89. The molecule has 1 N–H and O–H groups in total. The Bertz CT molecular complexity index is 1050. The molecule has 3 aliphatic rings. The number of nitrogens with zero attached hydrogens (tertiary/aromatic N) is 2. The van der Waals surface area contributed by atoms with Gasteiger partial charge in [0.25, 0.3) is 10.0 Å². The number of aliphatic imine (C=N–C) groups is 1. The average Bonchev–Trinajstić information content (AvgIpc) is 3.28. The Morgan fingerprint density at radius 1 is 1.22 bits per heavy atom. The normalized spacial score (nSPS) is 24.3.